The van der Waals surface area contributed by atoms with E-state index in [1.165, 1.54) is 0 Å². The number of nitrogens with zero attached hydrogens (tertiary/aromatic N) is 1. The highest BCUT2D eigenvalue weighted by atomic mass is 127. The first-order chi connectivity index (χ1) is 12.8. The van der Waals surface area contributed by atoms with Crippen LogP contribution in [-0.2, 0) is 11.3 Å². The maximum atomic E-state index is 11.9. The van der Waals surface area contributed by atoms with Crippen LogP contribution < -0.4 is 20.7 Å². The quantitative estimate of drug-likeness (QED) is 0.222. The Bertz CT molecular complexity index is 681. The lowest BCUT2D eigenvalue weighted by molar-refractivity contribution is -0.121. The molecule has 1 amide bonds. The number of amides is 1. The number of benzene rings is 2. The van der Waals surface area contributed by atoms with Gasteiger partial charge in [0, 0.05) is 26.6 Å². The minimum absolute atomic E-state index is 0. The maximum absolute atomic E-state index is 11.9. The Morgan fingerprint density at radius 2 is 1.56 bits per heavy atom. The fourth-order valence-corrected chi connectivity index (χ4v) is 2.25. The first-order valence-electron chi connectivity index (χ1n) is 8.71. The lowest BCUT2D eigenvalue weighted by atomic mass is 10.2. The zero-order valence-electron chi connectivity index (χ0n) is 15.5. The van der Waals surface area contributed by atoms with Crippen molar-refractivity contribution in [1.82, 2.24) is 16.0 Å². The van der Waals surface area contributed by atoms with E-state index in [9.17, 15) is 4.79 Å². The normalized spacial score (nSPS) is 10.5. The van der Waals surface area contributed by atoms with Crippen molar-refractivity contribution in [3.05, 3.63) is 66.2 Å². The van der Waals surface area contributed by atoms with Gasteiger partial charge in [0.1, 0.15) is 12.4 Å². The number of para-hydroxylation sites is 1. The average Bonchev–Trinajstić information content (AvgIpc) is 2.70. The first-order valence-corrected chi connectivity index (χ1v) is 8.71. The highest BCUT2D eigenvalue weighted by molar-refractivity contribution is 14.0. The zero-order valence-corrected chi connectivity index (χ0v) is 17.8. The lowest BCUT2D eigenvalue weighted by Crippen LogP contribution is -2.40. The molecule has 6 nitrogen and oxygen atoms in total. The van der Waals surface area contributed by atoms with E-state index < -0.39 is 0 Å². The molecule has 3 N–H and O–H groups in total. The number of ether oxygens (including phenoxy) is 1. The Labute approximate surface area is 177 Å². The number of hydrogen-bond acceptors (Lipinski definition) is 3. The second-order valence-electron chi connectivity index (χ2n) is 5.60. The van der Waals surface area contributed by atoms with E-state index in [-0.39, 0.29) is 29.9 Å². The lowest BCUT2D eigenvalue weighted by Gasteiger charge is -2.12. The summed E-state index contributed by atoms with van der Waals surface area (Å²) in [4.78, 5) is 16.0. The van der Waals surface area contributed by atoms with Crippen LogP contribution in [0.3, 0.4) is 0 Å². The average molecular weight is 482 g/mol. The minimum atomic E-state index is 0. The van der Waals surface area contributed by atoms with Crippen molar-refractivity contribution in [2.75, 3.05) is 26.7 Å². The van der Waals surface area contributed by atoms with Gasteiger partial charge in [-0.15, -0.1) is 24.0 Å². The molecule has 0 unspecified atom stereocenters. The molecule has 0 saturated heterocycles. The molecule has 2 rings (SSSR count). The summed E-state index contributed by atoms with van der Waals surface area (Å²) in [6, 6.07) is 19.5. The first kappa shape index (κ1) is 22.8. The molecule has 0 aliphatic heterocycles. The van der Waals surface area contributed by atoms with Crippen LogP contribution in [0.15, 0.2) is 65.7 Å². The monoisotopic (exact) mass is 482 g/mol. The molecular formula is C20H27IN4O2. The summed E-state index contributed by atoms with van der Waals surface area (Å²) >= 11 is 0. The van der Waals surface area contributed by atoms with Crippen LogP contribution in [-0.4, -0.2) is 38.6 Å². The van der Waals surface area contributed by atoms with E-state index >= 15 is 0 Å². The maximum Gasteiger partial charge on any atom is 0.222 e. The third-order valence-electron chi connectivity index (χ3n) is 3.61. The van der Waals surface area contributed by atoms with E-state index in [0.29, 0.717) is 38.6 Å². The highest BCUT2D eigenvalue weighted by Crippen LogP contribution is 2.07. The topological polar surface area (TPSA) is 74.8 Å². The summed E-state index contributed by atoms with van der Waals surface area (Å²) in [5.74, 6) is 1.49. The van der Waals surface area contributed by atoms with Crippen LogP contribution in [0.2, 0.25) is 0 Å². The molecule has 0 aliphatic rings. The Kier molecular flexibility index (Phi) is 11.7. The van der Waals surface area contributed by atoms with Gasteiger partial charge in [0.25, 0.3) is 0 Å². The molecule has 0 spiro atoms. The van der Waals surface area contributed by atoms with Crippen molar-refractivity contribution in [2.24, 2.45) is 4.99 Å². The van der Waals surface area contributed by atoms with E-state index in [0.717, 1.165) is 11.3 Å². The molecular weight excluding hydrogens is 455 g/mol. The molecule has 27 heavy (non-hydrogen) atoms. The molecule has 0 heterocycles. The third kappa shape index (κ3) is 9.83. The molecule has 146 valence electrons. The summed E-state index contributed by atoms with van der Waals surface area (Å²) in [5.41, 5.74) is 1.09. The van der Waals surface area contributed by atoms with Gasteiger partial charge in [-0.05, 0) is 17.7 Å². The number of nitrogens with one attached hydrogen (secondary N) is 3. The molecule has 0 aromatic heterocycles. The van der Waals surface area contributed by atoms with Gasteiger partial charge in [0.15, 0.2) is 5.96 Å². The molecule has 0 atom stereocenters. The smallest absolute Gasteiger partial charge is 0.222 e. The predicted octanol–water partition coefficient (Wildman–Crippen LogP) is 2.55. The molecule has 0 aliphatic carbocycles. The van der Waals surface area contributed by atoms with Gasteiger partial charge < -0.3 is 20.7 Å². The predicted molar refractivity (Wildman–Crippen MR) is 120 cm³/mol. The highest BCUT2D eigenvalue weighted by Gasteiger charge is 2.03. The van der Waals surface area contributed by atoms with Gasteiger partial charge in [-0.2, -0.15) is 0 Å². The molecule has 2 aromatic rings. The summed E-state index contributed by atoms with van der Waals surface area (Å²) in [5, 5.41) is 9.18. The number of guanidine groups is 1. The van der Waals surface area contributed by atoms with E-state index in [1.54, 1.807) is 7.05 Å². The standard InChI is InChI=1S/C20H26N4O2.HI/c1-21-20(23-14-15-26-18-10-6-3-7-11-18)22-13-12-19(25)24-16-17-8-4-2-5-9-17;/h2-11H,12-16H2,1H3,(H,24,25)(H2,21,22,23);1H. The Morgan fingerprint density at radius 1 is 0.926 bits per heavy atom. The summed E-state index contributed by atoms with van der Waals surface area (Å²) in [6.45, 7) is 2.21. The van der Waals surface area contributed by atoms with Gasteiger partial charge in [-0.3, -0.25) is 9.79 Å². The Hall–Kier alpha value is -2.29. The molecule has 0 fully saturated rings. The van der Waals surface area contributed by atoms with Crippen LogP contribution >= 0.6 is 24.0 Å². The van der Waals surface area contributed by atoms with Crippen molar-refractivity contribution in [3.8, 4) is 5.75 Å². The third-order valence-corrected chi connectivity index (χ3v) is 3.61. The molecule has 7 heteroatoms. The molecule has 2 aromatic carbocycles. The van der Waals surface area contributed by atoms with Gasteiger partial charge in [0.05, 0.1) is 6.54 Å². The zero-order chi connectivity index (χ0) is 18.5. The Balaban J connectivity index is 0.00000364. The van der Waals surface area contributed by atoms with Crippen LogP contribution in [0.5, 0.6) is 5.75 Å². The van der Waals surface area contributed by atoms with Crippen LogP contribution in [0.4, 0.5) is 0 Å². The fourth-order valence-electron chi connectivity index (χ4n) is 2.25. The number of halogens is 1. The molecule has 0 saturated carbocycles. The van der Waals surface area contributed by atoms with E-state index in [4.69, 9.17) is 4.74 Å². The van der Waals surface area contributed by atoms with Gasteiger partial charge in [0.2, 0.25) is 5.91 Å². The number of hydrogen-bond donors (Lipinski definition) is 3. The Morgan fingerprint density at radius 3 is 2.22 bits per heavy atom. The summed E-state index contributed by atoms with van der Waals surface area (Å²) < 4.78 is 5.61. The van der Waals surface area contributed by atoms with E-state index in [2.05, 4.69) is 20.9 Å². The second kappa shape index (κ2) is 13.9. The molecule has 0 bridgehead atoms. The number of carbonyl (C=O) groups is 1. The summed E-state index contributed by atoms with van der Waals surface area (Å²) in [7, 11) is 1.70. The largest absolute Gasteiger partial charge is 0.492 e. The number of carbonyl (C=O) groups excluding carboxylic acids is 1. The fraction of sp³-hybridized carbons (Fsp3) is 0.300. The molecule has 0 radical (unpaired) electrons. The van der Waals surface area contributed by atoms with Crippen molar-refractivity contribution < 1.29 is 9.53 Å². The second-order valence-corrected chi connectivity index (χ2v) is 5.60. The van der Waals surface area contributed by atoms with Crippen LogP contribution in [0, 0.1) is 0 Å². The van der Waals surface area contributed by atoms with Gasteiger partial charge >= 0.3 is 0 Å². The van der Waals surface area contributed by atoms with Crippen LogP contribution in [0.25, 0.3) is 0 Å². The van der Waals surface area contributed by atoms with Crippen LogP contribution in [0.1, 0.15) is 12.0 Å². The van der Waals surface area contributed by atoms with E-state index in [1.807, 2.05) is 60.7 Å². The number of aliphatic imine (C=N–C) groups is 1. The van der Waals surface area contributed by atoms with Crippen molar-refractivity contribution in [2.45, 2.75) is 13.0 Å². The number of rotatable bonds is 9. The summed E-state index contributed by atoms with van der Waals surface area (Å²) in [6.07, 6.45) is 0.383. The SMILES string of the molecule is CN=C(NCCOc1ccccc1)NCCC(=O)NCc1ccccc1.I. The van der Waals surface area contributed by atoms with Gasteiger partial charge in [-0.25, -0.2) is 0 Å². The van der Waals surface area contributed by atoms with Gasteiger partial charge in [-0.1, -0.05) is 48.5 Å². The van der Waals surface area contributed by atoms with Crippen molar-refractivity contribution in [1.29, 1.82) is 0 Å². The van der Waals surface area contributed by atoms with Crippen molar-refractivity contribution >= 4 is 35.8 Å². The van der Waals surface area contributed by atoms with Crippen molar-refractivity contribution in [3.63, 3.8) is 0 Å². The minimum Gasteiger partial charge on any atom is -0.492 e.